The second-order valence-electron chi connectivity index (χ2n) is 6.50. The highest BCUT2D eigenvalue weighted by Crippen LogP contribution is 2.32. The van der Waals surface area contributed by atoms with Gasteiger partial charge in [0.15, 0.2) is 0 Å². The number of hydrogen-bond acceptors (Lipinski definition) is 8. The maximum atomic E-state index is 13.4. The van der Waals surface area contributed by atoms with E-state index in [1.807, 2.05) is 0 Å². The van der Waals surface area contributed by atoms with Crippen LogP contribution >= 0.6 is 0 Å². The molecule has 0 unspecified atom stereocenters. The molecule has 0 fully saturated rings. The van der Waals surface area contributed by atoms with Crippen LogP contribution in [0.15, 0.2) is 89.2 Å². The van der Waals surface area contributed by atoms with Crippen molar-refractivity contribution < 1.29 is 26.7 Å². The fourth-order valence-corrected chi connectivity index (χ4v) is 6.50. The Morgan fingerprint density at radius 3 is 1.33 bits per heavy atom. The van der Waals surface area contributed by atoms with E-state index >= 15 is 0 Å². The van der Waals surface area contributed by atoms with Gasteiger partial charge >= 0.3 is 0 Å². The molecule has 3 rings (SSSR count). The fraction of sp³-hybridized carbons (Fsp3) is 0. The molecule has 0 saturated carbocycles. The number of benzene rings is 3. The Morgan fingerprint density at radius 2 is 1.03 bits per heavy atom. The average Bonchev–Trinajstić information content (AvgIpc) is 2.79. The molecule has 0 aliphatic rings. The molecule has 0 radical (unpaired) electrons. The Kier molecular flexibility index (Phi) is 6.28. The number of non-ortho nitro benzene ring substituents is 2. The summed E-state index contributed by atoms with van der Waals surface area (Å²) < 4.78 is 53.8. The second-order valence-corrected chi connectivity index (χ2v) is 10.3. The van der Waals surface area contributed by atoms with Crippen LogP contribution in [0.4, 0.5) is 17.1 Å². The molecule has 0 aliphatic heterocycles. The van der Waals surface area contributed by atoms with Gasteiger partial charge in [-0.1, -0.05) is 24.8 Å². The van der Waals surface area contributed by atoms with Crippen LogP contribution in [0, 0.1) is 20.2 Å². The number of nitro groups is 2. The summed E-state index contributed by atoms with van der Waals surface area (Å²) in [5, 5.41) is 21.8. The SMILES string of the molecule is C=Cc1ccc(N(S(=O)(=O)c2ccc([N+](=O)[O-])cc2)S(=O)(=O)c2ccc([N+](=O)[O-])cc2)cc1. The smallest absolute Gasteiger partial charge is 0.258 e. The van der Waals surface area contributed by atoms with Crippen molar-refractivity contribution in [2.45, 2.75) is 9.79 Å². The second kappa shape index (κ2) is 8.80. The first-order valence-corrected chi connectivity index (χ1v) is 11.9. The van der Waals surface area contributed by atoms with Gasteiger partial charge in [0.05, 0.1) is 25.3 Å². The molecular formula is C20H15N3O8S2. The summed E-state index contributed by atoms with van der Waals surface area (Å²) in [4.78, 5) is 19.3. The summed E-state index contributed by atoms with van der Waals surface area (Å²) in [6, 6.07) is 12.8. The lowest BCUT2D eigenvalue weighted by atomic mass is 10.2. The van der Waals surface area contributed by atoms with E-state index in [4.69, 9.17) is 0 Å². The normalized spacial score (nSPS) is 11.5. The van der Waals surface area contributed by atoms with Crippen LogP contribution in [-0.2, 0) is 20.0 Å². The molecule has 0 aliphatic carbocycles. The minimum atomic E-state index is -4.79. The Balaban J connectivity index is 2.21. The third-order valence-corrected chi connectivity index (χ3v) is 8.68. The predicted molar refractivity (Wildman–Crippen MR) is 120 cm³/mol. The lowest BCUT2D eigenvalue weighted by Crippen LogP contribution is -2.37. The minimum Gasteiger partial charge on any atom is -0.258 e. The molecule has 170 valence electrons. The van der Waals surface area contributed by atoms with E-state index in [0.29, 0.717) is 5.56 Å². The van der Waals surface area contributed by atoms with E-state index in [1.165, 1.54) is 30.3 Å². The lowest BCUT2D eigenvalue weighted by Gasteiger charge is -2.24. The highest BCUT2D eigenvalue weighted by atomic mass is 32.3. The fourth-order valence-electron chi connectivity index (χ4n) is 2.81. The van der Waals surface area contributed by atoms with Crippen LogP contribution in [-0.4, -0.2) is 26.7 Å². The van der Waals surface area contributed by atoms with Crippen LogP contribution < -0.4 is 3.71 Å². The molecule has 33 heavy (non-hydrogen) atoms. The van der Waals surface area contributed by atoms with Crippen LogP contribution in [0.5, 0.6) is 0 Å². The average molecular weight is 489 g/mol. The summed E-state index contributed by atoms with van der Waals surface area (Å²) in [7, 11) is -9.57. The van der Waals surface area contributed by atoms with Gasteiger partial charge in [0.1, 0.15) is 0 Å². The number of anilines is 1. The zero-order valence-electron chi connectivity index (χ0n) is 16.6. The highest BCUT2D eigenvalue weighted by Gasteiger charge is 2.37. The van der Waals surface area contributed by atoms with Gasteiger partial charge in [-0.05, 0) is 42.0 Å². The topological polar surface area (TPSA) is 158 Å². The van der Waals surface area contributed by atoms with Gasteiger partial charge in [0, 0.05) is 24.3 Å². The Labute approximate surface area is 188 Å². The Bertz CT molecular complexity index is 1350. The molecule has 0 spiro atoms. The predicted octanol–water partition coefficient (Wildman–Crippen LogP) is 3.73. The van der Waals surface area contributed by atoms with Gasteiger partial charge < -0.3 is 0 Å². The monoisotopic (exact) mass is 489 g/mol. The number of nitro benzene ring substituents is 2. The van der Waals surface area contributed by atoms with Crippen LogP contribution in [0.2, 0.25) is 0 Å². The zero-order chi connectivity index (χ0) is 24.4. The molecule has 0 heterocycles. The molecule has 3 aromatic rings. The molecule has 0 atom stereocenters. The number of sulfonamides is 2. The van der Waals surface area contributed by atoms with Crippen LogP contribution in [0.1, 0.15) is 5.56 Å². The molecular weight excluding hydrogens is 474 g/mol. The summed E-state index contributed by atoms with van der Waals surface area (Å²) in [6.45, 7) is 3.58. The minimum absolute atomic E-state index is 0.176. The van der Waals surface area contributed by atoms with E-state index in [9.17, 15) is 37.1 Å². The molecule has 0 aromatic heterocycles. The standard InChI is InChI=1S/C20H15N3O8S2/c1-2-15-3-5-18(6-4-15)23(32(28,29)19-11-7-16(8-12-19)21(24)25)33(30,31)20-13-9-17(10-14-20)22(26)27/h2-14H,1H2. The highest BCUT2D eigenvalue weighted by molar-refractivity contribution is 8.10. The van der Waals surface area contributed by atoms with Gasteiger partial charge in [-0.2, -0.15) is 3.71 Å². The first-order chi connectivity index (χ1) is 15.5. The van der Waals surface area contributed by atoms with E-state index in [0.717, 1.165) is 48.5 Å². The van der Waals surface area contributed by atoms with Crippen molar-refractivity contribution in [2.24, 2.45) is 0 Å². The summed E-state index contributed by atoms with van der Waals surface area (Å²) in [5.41, 5.74) is -0.403. The van der Waals surface area contributed by atoms with E-state index in [-0.39, 0.29) is 20.8 Å². The first kappa shape index (κ1) is 23.6. The molecule has 11 nitrogen and oxygen atoms in total. The van der Waals surface area contributed by atoms with Crippen molar-refractivity contribution in [3.63, 3.8) is 0 Å². The van der Waals surface area contributed by atoms with E-state index in [1.54, 1.807) is 0 Å². The van der Waals surface area contributed by atoms with Crippen molar-refractivity contribution in [1.82, 2.24) is 0 Å². The molecule has 13 heteroatoms. The largest absolute Gasteiger partial charge is 0.277 e. The third-order valence-electron chi connectivity index (χ3n) is 4.47. The van der Waals surface area contributed by atoms with E-state index < -0.39 is 39.7 Å². The van der Waals surface area contributed by atoms with Crippen LogP contribution in [0.25, 0.3) is 6.08 Å². The van der Waals surface area contributed by atoms with Gasteiger partial charge in [-0.15, -0.1) is 0 Å². The Morgan fingerprint density at radius 1 is 0.667 bits per heavy atom. The summed E-state index contributed by atoms with van der Waals surface area (Å²) >= 11 is 0. The molecule has 0 bridgehead atoms. The number of hydrogen-bond donors (Lipinski definition) is 0. The van der Waals surface area contributed by atoms with Gasteiger partial charge in [0.25, 0.3) is 31.4 Å². The third kappa shape index (κ3) is 4.58. The number of nitrogens with zero attached hydrogens (tertiary/aromatic N) is 3. The Hall–Kier alpha value is -4.10. The van der Waals surface area contributed by atoms with Crippen molar-refractivity contribution in [1.29, 1.82) is 0 Å². The van der Waals surface area contributed by atoms with Crippen molar-refractivity contribution in [2.75, 3.05) is 3.71 Å². The van der Waals surface area contributed by atoms with Crippen molar-refractivity contribution in [3.8, 4) is 0 Å². The van der Waals surface area contributed by atoms with Gasteiger partial charge in [-0.25, -0.2) is 16.8 Å². The summed E-state index contributed by atoms with van der Waals surface area (Å²) in [6.07, 6.45) is 1.48. The molecule has 0 N–H and O–H groups in total. The van der Waals surface area contributed by atoms with Gasteiger partial charge in [0.2, 0.25) is 0 Å². The van der Waals surface area contributed by atoms with Gasteiger partial charge in [-0.3, -0.25) is 20.2 Å². The first-order valence-electron chi connectivity index (χ1n) is 9.00. The molecule has 0 saturated heterocycles. The van der Waals surface area contributed by atoms with E-state index in [2.05, 4.69) is 6.58 Å². The number of rotatable bonds is 8. The maximum Gasteiger partial charge on any atom is 0.277 e. The quantitative estimate of drug-likeness (QED) is 0.342. The lowest BCUT2D eigenvalue weighted by molar-refractivity contribution is -0.385. The summed E-state index contributed by atoms with van der Waals surface area (Å²) in [5.74, 6) is 0. The maximum absolute atomic E-state index is 13.4. The van der Waals surface area contributed by atoms with Crippen molar-refractivity contribution >= 4 is 43.2 Å². The molecule has 3 aromatic carbocycles. The molecule has 0 amide bonds. The zero-order valence-corrected chi connectivity index (χ0v) is 18.3. The van der Waals surface area contributed by atoms with Crippen molar-refractivity contribution in [3.05, 3.63) is 105 Å². The van der Waals surface area contributed by atoms with Crippen LogP contribution in [0.3, 0.4) is 0 Å².